The van der Waals surface area contributed by atoms with Crippen LogP contribution < -0.4 is 10.1 Å². The van der Waals surface area contributed by atoms with Gasteiger partial charge < -0.3 is 10.1 Å². The molecule has 0 bridgehead atoms. The van der Waals surface area contributed by atoms with E-state index in [1.54, 1.807) is 0 Å². The van der Waals surface area contributed by atoms with Crippen LogP contribution >= 0.6 is 0 Å². The van der Waals surface area contributed by atoms with E-state index in [9.17, 15) is 9.59 Å². The summed E-state index contributed by atoms with van der Waals surface area (Å²) in [5, 5.41) is 3.24. The Morgan fingerprint density at radius 2 is 1.69 bits per heavy atom. The van der Waals surface area contributed by atoms with Crippen LogP contribution in [0.3, 0.4) is 0 Å². The smallest absolute Gasteiger partial charge is 0.278 e. The van der Waals surface area contributed by atoms with E-state index in [-0.39, 0.29) is 17.9 Å². The largest absolute Gasteiger partial charge is 0.494 e. The van der Waals surface area contributed by atoms with E-state index < -0.39 is 0 Å². The summed E-state index contributed by atoms with van der Waals surface area (Å²) in [6.07, 6.45) is 0.924. The van der Waals surface area contributed by atoms with Crippen molar-refractivity contribution in [2.45, 2.75) is 47.1 Å². The van der Waals surface area contributed by atoms with Crippen molar-refractivity contribution in [2.75, 3.05) is 11.9 Å². The van der Waals surface area contributed by atoms with Gasteiger partial charge in [0.05, 0.1) is 12.2 Å². The molecule has 0 radical (unpaired) electrons. The van der Waals surface area contributed by atoms with Crippen LogP contribution in [0.15, 0.2) is 48.2 Å². The van der Waals surface area contributed by atoms with Crippen molar-refractivity contribution in [3.8, 4) is 5.75 Å². The molecular weight excluding hydrogens is 364 g/mol. The fourth-order valence-electron chi connectivity index (χ4n) is 3.43. The maximum Gasteiger partial charge on any atom is 0.278 e. The summed E-state index contributed by atoms with van der Waals surface area (Å²) < 4.78 is 5.64. The van der Waals surface area contributed by atoms with E-state index in [0.29, 0.717) is 23.4 Å². The van der Waals surface area contributed by atoms with Gasteiger partial charge in [0.15, 0.2) is 0 Å². The molecule has 2 aromatic carbocycles. The van der Waals surface area contributed by atoms with Crippen LogP contribution in [-0.4, -0.2) is 29.4 Å². The Morgan fingerprint density at radius 3 is 2.28 bits per heavy atom. The maximum absolute atomic E-state index is 13.1. The first kappa shape index (κ1) is 20.6. The Hall–Kier alpha value is -3.08. The van der Waals surface area contributed by atoms with Gasteiger partial charge in [0, 0.05) is 11.7 Å². The van der Waals surface area contributed by atoms with Crippen LogP contribution in [-0.2, 0) is 9.59 Å². The first-order valence-corrected chi connectivity index (χ1v) is 10.0. The Labute approximate surface area is 172 Å². The van der Waals surface area contributed by atoms with Gasteiger partial charge in [-0.25, -0.2) is 0 Å². The predicted octanol–water partition coefficient (Wildman–Crippen LogP) is 4.69. The zero-order chi connectivity index (χ0) is 21.1. The number of anilines is 1. The van der Waals surface area contributed by atoms with Crippen molar-refractivity contribution in [3.05, 3.63) is 64.9 Å². The van der Waals surface area contributed by atoms with Crippen molar-refractivity contribution in [1.29, 1.82) is 0 Å². The maximum atomic E-state index is 13.1. The van der Waals surface area contributed by atoms with Gasteiger partial charge in [-0.1, -0.05) is 36.8 Å². The Bertz CT molecular complexity index is 959. The number of hydrogen-bond donors (Lipinski definition) is 1. The number of nitrogens with zero attached hydrogens (tertiary/aromatic N) is 1. The molecule has 3 rings (SSSR count). The molecule has 0 aromatic heterocycles. The van der Waals surface area contributed by atoms with Gasteiger partial charge >= 0.3 is 0 Å². The van der Waals surface area contributed by atoms with Gasteiger partial charge in [0.1, 0.15) is 11.4 Å². The lowest BCUT2D eigenvalue weighted by Crippen LogP contribution is -2.38. The number of carbonyl (C=O) groups excluding carboxylic acids is 2. The lowest BCUT2D eigenvalue weighted by Gasteiger charge is -2.19. The Morgan fingerprint density at radius 1 is 1.00 bits per heavy atom. The normalized spacial score (nSPS) is 14.2. The molecule has 2 amide bonds. The molecule has 0 saturated carbocycles. The highest BCUT2D eigenvalue weighted by Crippen LogP contribution is 2.33. The van der Waals surface area contributed by atoms with E-state index in [0.717, 1.165) is 29.0 Å². The van der Waals surface area contributed by atoms with Crippen molar-refractivity contribution in [2.24, 2.45) is 0 Å². The van der Waals surface area contributed by atoms with Gasteiger partial charge in [-0.3, -0.25) is 14.5 Å². The van der Waals surface area contributed by atoms with Crippen LogP contribution in [0.1, 0.15) is 43.9 Å². The van der Waals surface area contributed by atoms with Crippen LogP contribution in [0.4, 0.5) is 5.69 Å². The zero-order valence-electron chi connectivity index (χ0n) is 17.7. The molecule has 1 heterocycles. The van der Waals surface area contributed by atoms with Gasteiger partial charge in [-0.2, -0.15) is 0 Å². The number of hydrogen-bond acceptors (Lipinski definition) is 4. The number of ether oxygens (including phenoxy) is 1. The number of benzene rings is 2. The van der Waals surface area contributed by atoms with Crippen LogP contribution in [0.2, 0.25) is 0 Å². The van der Waals surface area contributed by atoms with Crippen LogP contribution in [0.5, 0.6) is 5.75 Å². The number of amides is 2. The van der Waals surface area contributed by atoms with Crippen molar-refractivity contribution < 1.29 is 14.3 Å². The predicted molar refractivity (Wildman–Crippen MR) is 116 cm³/mol. The molecule has 1 N–H and O–H groups in total. The quantitative estimate of drug-likeness (QED) is 0.695. The second-order valence-corrected chi connectivity index (χ2v) is 7.64. The highest BCUT2D eigenvalue weighted by Gasteiger charge is 2.40. The van der Waals surface area contributed by atoms with Crippen molar-refractivity contribution in [1.82, 2.24) is 4.90 Å². The number of nitrogens with one attached hydrogen (secondary N) is 1. The highest BCUT2D eigenvalue weighted by atomic mass is 16.5. The fraction of sp³-hybridized carbons (Fsp3) is 0.333. The summed E-state index contributed by atoms with van der Waals surface area (Å²) in [5.74, 6) is 0.170. The van der Waals surface area contributed by atoms with Crippen LogP contribution in [0.25, 0.3) is 5.57 Å². The number of aryl methyl sites for hydroxylation is 2. The molecule has 1 aliphatic heterocycles. The molecule has 0 unspecified atom stereocenters. The lowest BCUT2D eigenvalue weighted by molar-refractivity contribution is -0.138. The fourth-order valence-corrected chi connectivity index (χ4v) is 3.43. The molecule has 5 heteroatoms. The molecular formula is C24H28N2O3. The zero-order valence-corrected chi connectivity index (χ0v) is 17.7. The standard InChI is InChI=1S/C24H28N2O3/c1-6-13-29-19-10-8-18(9-11-19)21-22(24(28)26(15(2)3)23(21)27)25-20-12-7-16(4)14-17(20)5/h7-12,14-15,25H,6,13H2,1-5H3. The molecule has 29 heavy (non-hydrogen) atoms. The number of imide groups is 1. The molecule has 0 fully saturated rings. The first-order chi connectivity index (χ1) is 13.8. The topological polar surface area (TPSA) is 58.6 Å². The summed E-state index contributed by atoms with van der Waals surface area (Å²) in [4.78, 5) is 27.5. The molecule has 5 nitrogen and oxygen atoms in total. The Balaban J connectivity index is 2.03. The third-order valence-corrected chi connectivity index (χ3v) is 4.89. The van der Waals surface area contributed by atoms with Gasteiger partial charge in [0.2, 0.25) is 0 Å². The molecule has 2 aromatic rings. The number of rotatable bonds is 7. The van der Waals surface area contributed by atoms with Crippen LogP contribution in [0, 0.1) is 13.8 Å². The summed E-state index contributed by atoms with van der Waals surface area (Å²) >= 11 is 0. The molecule has 152 valence electrons. The molecule has 0 saturated heterocycles. The van der Waals surface area contributed by atoms with E-state index in [4.69, 9.17) is 4.74 Å². The van der Waals surface area contributed by atoms with E-state index in [2.05, 4.69) is 5.32 Å². The molecule has 0 aliphatic carbocycles. The van der Waals surface area contributed by atoms with Gasteiger partial charge in [0.25, 0.3) is 11.8 Å². The molecule has 0 atom stereocenters. The summed E-state index contributed by atoms with van der Waals surface area (Å²) in [6.45, 7) is 10.4. The van der Waals surface area contributed by atoms with Gasteiger partial charge in [-0.15, -0.1) is 0 Å². The second kappa shape index (κ2) is 8.52. The minimum atomic E-state index is -0.300. The second-order valence-electron chi connectivity index (χ2n) is 7.64. The minimum Gasteiger partial charge on any atom is -0.494 e. The summed E-state index contributed by atoms with van der Waals surface area (Å²) in [5.41, 5.74) is 4.38. The Kier molecular flexibility index (Phi) is 6.06. The average molecular weight is 392 g/mol. The SMILES string of the molecule is CCCOc1ccc(C2=C(Nc3ccc(C)cc3C)C(=O)N(C(C)C)C2=O)cc1. The average Bonchev–Trinajstić information content (AvgIpc) is 2.92. The molecule has 0 spiro atoms. The van der Waals surface area contributed by atoms with E-state index >= 15 is 0 Å². The summed E-state index contributed by atoms with van der Waals surface area (Å²) in [6, 6.07) is 13.1. The van der Waals surface area contributed by atoms with Gasteiger partial charge in [-0.05, 0) is 63.4 Å². The number of carbonyl (C=O) groups is 2. The monoisotopic (exact) mass is 392 g/mol. The van der Waals surface area contributed by atoms with E-state index in [1.165, 1.54) is 4.90 Å². The molecule has 1 aliphatic rings. The van der Waals surface area contributed by atoms with E-state index in [1.807, 2.05) is 77.1 Å². The lowest BCUT2D eigenvalue weighted by atomic mass is 10.0. The third kappa shape index (κ3) is 4.19. The van der Waals surface area contributed by atoms with Crippen molar-refractivity contribution >= 4 is 23.1 Å². The minimum absolute atomic E-state index is 0.226. The highest BCUT2D eigenvalue weighted by molar-refractivity contribution is 6.36. The third-order valence-electron chi connectivity index (χ3n) is 4.89. The summed E-state index contributed by atoms with van der Waals surface area (Å²) in [7, 11) is 0. The van der Waals surface area contributed by atoms with Crippen molar-refractivity contribution in [3.63, 3.8) is 0 Å². The first-order valence-electron chi connectivity index (χ1n) is 10.0.